The van der Waals surface area contributed by atoms with Crippen LogP contribution in [0.15, 0.2) is 36.2 Å². The molecule has 0 aliphatic heterocycles. The summed E-state index contributed by atoms with van der Waals surface area (Å²) in [6, 6.07) is 4.00. The van der Waals surface area contributed by atoms with Crippen molar-refractivity contribution in [3.05, 3.63) is 41.8 Å². The maximum Gasteiger partial charge on any atom is 0.147 e. The van der Waals surface area contributed by atoms with Crippen LogP contribution in [-0.2, 0) is 0 Å². The first-order valence-electron chi connectivity index (χ1n) is 7.86. The molecule has 0 spiro atoms. The van der Waals surface area contributed by atoms with Crippen LogP contribution in [0.25, 0.3) is 10.2 Å². The fraction of sp³-hybridized carbons (Fsp3) is 0.353. The molecule has 1 atom stereocenters. The number of thiophene rings is 1. The van der Waals surface area contributed by atoms with E-state index in [-0.39, 0.29) is 12.1 Å². The lowest BCUT2D eigenvalue weighted by Gasteiger charge is -2.38. The third kappa shape index (κ3) is 2.81. The van der Waals surface area contributed by atoms with Crippen molar-refractivity contribution < 1.29 is 9.84 Å². The number of nitrogens with zero attached hydrogens (tertiary/aromatic N) is 3. The van der Waals surface area contributed by atoms with E-state index in [1.54, 1.807) is 31.0 Å². The number of aliphatic hydroxyl groups excluding tert-OH is 1. The van der Waals surface area contributed by atoms with Gasteiger partial charge < -0.3 is 15.2 Å². The summed E-state index contributed by atoms with van der Waals surface area (Å²) >= 11 is 1.62. The van der Waals surface area contributed by atoms with Gasteiger partial charge in [-0.1, -0.05) is 0 Å². The third-order valence-corrected chi connectivity index (χ3v) is 5.40. The van der Waals surface area contributed by atoms with Crippen molar-refractivity contribution in [2.75, 3.05) is 12.4 Å². The smallest absolute Gasteiger partial charge is 0.147 e. The summed E-state index contributed by atoms with van der Waals surface area (Å²) in [6.45, 7) is 0. The summed E-state index contributed by atoms with van der Waals surface area (Å²) in [5, 5.41) is 15.3. The molecule has 3 aromatic heterocycles. The second-order valence-corrected chi connectivity index (χ2v) is 6.94. The van der Waals surface area contributed by atoms with E-state index in [0.29, 0.717) is 5.92 Å². The fourth-order valence-corrected chi connectivity index (χ4v) is 3.93. The number of nitrogens with one attached hydrogen (secondary N) is 1. The zero-order valence-electron chi connectivity index (χ0n) is 13.2. The highest BCUT2D eigenvalue weighted by molar-refractivity contribution is 7.17. The number of pyridine rings is 1. The Hall–Kier alpha value is -2.25. The van der Waals surface area contributed by atoms with Crippen LogP contribution in [0.5, 0.6) is 5.75 Å². The predicted octanol–water partition coefficient (Wildman–Crippen LogP) is 3.02. The molecule has 3 heterocycles. The Morgan fingerprint density at radius 1 is 1.33 bits per heavy atom. The van der Waals surface area contributed by atoms with Crippen LogP contribution >= 0.6 is 11.3 Å². The van der Waals surface area contributed by atoms with Gasteiger partial charge in [-0.3, -0.25) is 4.98 Å². The van der Waals surface area contributed by atoms with Gasteiger partial charge in [-0.15, -0.1) is 11.3 Å². The van der Waals surface area contributed by atoms with Crippen molar-refractivity contribution >= 4 is 27.4 Å². The summed E-state index contributed by atoms with van der Waals surface area (Å²) < 4.78 is 6.34. The molecule has 0 saturated heterocycles. The Balaban J connectivity index is 1.69. The number of fused-ring (bicyclic) bond motifs is 1. The van der Waals surface area contributed by atoms with Crippen molar-refractivity contribution in [1.29, 1.82) is 0 Å². The highest BCUT2D eigenvalue weighted by atomic mass is 32.1. The van der Waals surface area contributed by atoms with Crippen molar-refractivity contribution in [3.63, 3.8) is 0 Å². The Kier molecular flexibility index (Phi) is 4.03. The minimum atomic E-state index is -0.218. The summed E-state index contributed by atoms with van der Waals surface area (Å²) in [7, 11) is 1.63. The molecule has 2 N–H and O–H groups in total. The zero-order chi connectivity index (χ0) is 16.5. The molecule has 1 aliphatic rings. The van der Waals surface area contributed by atoms with Gasteiger partial charge in [0, 0.05) is 6.20 Å². The van der Waals surface area contributed by atoms with E-state index >= 15 is 0 Å². The maximum atomic E-state index is 9.73. The van der Waals surface area contributed by atoms with Gasteiger partial charge in [-0.2, -0.15) is 0 Å². The molecule has 0 amide bonds. The monoisotopic (exact) mass is 342 g/mol. The summed E-state index contributed by atoms with van der Waals surface area (Å²) in [5.41, 5.74) is 1.98. The molecular weight excluding hydrogens is 324 g/mol. The SMILES string of the molecule is COc1cncc(C(Nc2ncnc3ccsc23)C2CC(O)C2)c1. The molecule has 1 unspecified atom stereocenters. The third-order valence-electron chi connectivity index (χ3n) is 4.49. The van der Waals surface area contributed by atoms with Gasteiger partial charge in [0.2, 0.25) is 0 Å². The van der Waals surface area contributed by atoms with E-state index in [9.17, 15) is 5.11 Å². The standard InChI is InChI=1S/C17H18N4O2S/c1-23-13-6-11(7-18-8-13)15(10-4-12(22)5-10)21-17-16-14(2-3-24-16)19-9-20-17/h2-3,6-10,12,15,22H,4-5H2,1H3,(H,19,20,21). The molecule has 1 fully saturated rings. The van der Waals surface area contributed by atoms with Gasteiger partial charge in [0.1, 0.15) is 17.9 Å². The van der Waals surface area contributed by atoms with E-state index in [1.807, 2.05) is 23.7 Å². The van der Waals surface area contributed by atoms with Crippen LogP contribution in [-0.4, -0.2) is 33.3 Å². The molecule has 6 nitrogen and oxygen atoms in total. The number of aromatic nitrogens is 3. The molecule has 0 radical (unpaired) electrons. The van der Waals surface area contributed by atoms with Crippen LogP contribution in [0.2, 0.25) is 0 Å². The molecule has 24 heavy (non-hydrogen) atoms. The number of ether oxygens (including phenoxy) is 1. The Morgan fingerprint density at radius 3 is 3.00 bits per heavy atom. The highest BCUT2D eigenvalue weighted by Gasteiger charge is 2.35. The van der Waals surface area contributed by atoms with Crippen LogP contribution in [0, 0.1) is 5.92 Å². The van der Waals surface area contributed by atoms with Crippen molar-refractivity contribution in [2.24, 2.45) is 5.92 Å². The molecule has 4 rings (SSSR count). The predicted molar refractivity (Wildman–Crippen MR) is 93.3 cm³/mol. The summed E-state index contributed by atoms with van der Waals surface area (Å²) in [5.74, 6) is 1.88. The van der Waals surface area contributed by atoms with Gasteiger partial charge in [-0.25, -0.2) is 9.97 Å². The molecule has 7 heteroatoms. The maximum absolute atomic E-state index is 9.73. The number of hydrogen-bond donors (Lipinski definition) is 2. The van der Waals surface area contributed by atoms with Crippen molar-refractivity contribution in [1.82, 2.24) is 15.0 Å². The molecule has 124 valence electrons. The number of rotatable bonds is 5. The Bertz CT molecular complexity index is 847. The minimum absolute atomic E-state index is 0.0243. The molecule has 0 aromatic carbocycles. The van der Waals surface area contributed by atoms with E-state index in [2.05, 4.69) is 20.3 Å². The number of methoxy groups -OCH3 is 1. The van der Waals surface area contributed by atoms with E-state index < -0.39 is 0 Å². The van der Waals surface area contributed by atoms with Crippen molar-refractivity contribution in [2.45, 2.75) is 25.0 Å². The van der Waals surface area contributed by atoms with Crippen molar-refractivity contribution in [3.8, 4) is 5.75 Å². The first-order valence-corrected chi connectivity index (χ1v) is 8.74. The molecule has 1 aliphatic carbocycles. The van der Waals surface area contributed by atoms with Crippen LogP contribution in [0.1, 0.15) is 24.4 Å². The second kappa shape index (κ2) is 6.33. The zero-order valence-corrected chi connectivity index (χ0v) is 14.0. The quantitative estimate of drug-likeness (QED) is 0.742. The van der Waals surface area contributed by atoms with Crippen LogP contribution in [0.4, 0.5) is 5.82 Å². The van der Waals surface area contributed by atoms with Gasteiger partial charge in [0.15, 0.2) is 0 Å². The molecule has 1 saturated carbocycles. The molecule has 3 aromatic rings. The Morgan fingerprint density at radius 2 is 2.21 bits per heavy atom. The van der Waals surface area contributed by atoms with Crippen LogP contribution in [0.3, 0.4) is 0 Å². The molecular formula is C17H18N4O2S. The van der Waals surface area contributed by atoms with E-state index in [0.717, 1.165) is 40.2 Å². The summed E-state index contributed by atoms with van der Waals surface area (Å²) in [6.07, 6.45) is 6.44. The normalized spacial score (nSPS) is 21.2. The van der Waals surface area contributed by atoms with E-state index in [4.69, 9.17) is 4.74 Å². The lowest BCUT2D eigenvalue weighted by Crippen LogP contribution is -2.36. The van der Waals surface area contributed by atoms with Gasteiger partial charge >= 0.3 is 0 Å². The highest BCUT2D eigenvalue weighted by Crippen LogP contribution is 2.41. The first kappa shape index (κ1) is 15.3. The second-order valence-electron chi connectivity index (χ2n) is 6.02. The van der Waals surface area contributed by atoms with Gasteiger partial charge in [-0.05, 0) is 41.8 Å². The van der Waals surface area contributed by atoms with E-state index in [1.165, 1.54) is 0 Å². The fourth-order valence-electron chi connectivity index (χ4n) is 3.13. The average molecular weight is 342 g/mol. The lowest BCUT2D eigenvalue weighted by molar-refractivity contribution is 0.0339. The largest absolute Gasteiger partial charge is 0.495 e. The number of anilines is 1. The first-order chi connectivity index (χ1) is 11.7. The van der Waals surface area contributed by atoms with Gasteiger partial charge in [0.25, 0.3) is 0 Å². The van der Waals surface area contributed by atoms with Gasteiger partial charge in [0.05, 0.1) is 35.7 Å². The lowest BCUT2D eigenvalue weighted by atomic mass is 9.75. The summed E-state index contributed by atoms with van der Waals surface area (Å²) in [4.78, 5) is 13.0. The van der Waals surface area contributed by atoms with Crippen LogP contribution < -0.4 is 10.1 Å². The minimum Gasteiger partial charge on any atom is -0.495 e. The average Bonchev–Trinajstić information content (AvgIpc) is 3.07. The number of hydrogen-bond acceptors (Lipinski definition) is 7. The Labute approximate surface area is 143 Å². The number of aliphatic hydroxyl groups is 1. The molecule has 0 bridgehead atoms. The topological polar surface area (TPSA) is 80.2 Å².